The van der Waals surface area contributed by atoms with Gasteiger partial charge in [0.15, 0.2) is 5.13 Å². The van der Waals surface area contributed by atoms with Gasteiger partial charge in [0.05, 0.1) is 22.7 Å². The molecule has 25 heavy (non-hydrogen) atoms. The minimum absolute atomic E-state index is 0.0498. The lowest BCUT2D eigenvalue weighted by Crippen LogP contribution is -2.45. The lowest BCUT2D eigenvalue weighted by Gasteiger charge is -2.32. The lowest BCUT2D eigenvalue weighted by atomic mass is 9.97. The van der Waals surface area contributed by atoms with E-state index < -0.39 is 0 Å². The molecule has 2 heterocycles. The van der Waals surface area contributed by atoms with Gasteiger partial charge in [0.1, 0.15) is 5.75 Å². The number of ether oxygens (including phenoxy) is 1. The van der Waals surface area contributed by atoms with Gasteiger partial charge in [-0.2, -0.15) is 0 Å². The van der Waals surface area contributed by atoms with Gasteiger partial charge in [-0.15, -0.1) is 0 Å². The number of hydrogen-bond acceptors (Lipinski definition) is 5. The summed E-state index contributed by atoms with van der Waals surface area (Å²) in [6.07, 6.45) is 2.94. The number of piperidine rings is 1. The molecule has 1 fully saturated rings. The van der Waals surface area contributed by atoms with Crippen molar-refractivity contribution in [2.45, 2.75) is 46.1 Å². The Balaban J connectivity index is 1.72. The van der Waals surface area contributed by atoms with E-state index in [0.29, 0.717) is 6.61 Å². The largest absolute Gasteiger partial charge is 0.494 e. The van der Waals surface area contributed by atoms with E-state index in [1.807, 2.05) is 19.1 Å². The highest BCUT2D eigenvalue weighted by Gasteiger charge is 2.28. The average Bonchev–Trinajstić information content (AvgIpc) is 3.05. The van der Waals surface area contributed by atoms with Crippen LogP contribution in [-0.2, 0) is 4.79 Å². The van der Waals surface area contributed by atoms with Gasteiger partial charge in [0, 0.05) is 19.1 Å². The highest BCUT2D eigenvalue weighted by molar-refractivity contribution is 7.22. The maximum atomic E-state index is 12.5. The Morgan fingerprint density at radius 1 is 1.48 bits per heavy atom. The van der Waals surface area contributed by atoms with E-state index in [9.17, 15) is 4.79 Å². The van der Waals surface area contributed by atoms with Gasteiger partial charge in [-0.3, -0.25) is 4.79 Å². The molecule has 0 bridgehead atoms. The Kier molecular flexibility index (Phi) is 5.78. The summed E-state index contributed by atoms with van der Waals surface area (Å²) in [5, 5.41) is 4.12. The van der Waals surface area contributed by atoms with Crippen LogP contribution in [0.1, 0.15) is 40.0 Å². The summed E-state index contributed by atoms with van der Waals surface area (Å²) in [7, 11) is 0. The fourth-order valence-corrected chi connectivity index (χ4v) is 4.14. The number of carbonyl (C=O) groups excluding carboxylic acids is 1. The van der Waals surface area contributed by atoms with Crippen molar-refractivity contribution >= 4 is 32.6 Å². The molecule has 1 aliphatic heterocycles. The van der Waals surface area contributed by atoms with Crippen LogP contribution in [0.5, 0.6) is 5.75 Å². The van der Waals surface area contributed by atoms with Crippen LogP contribution in [0.4, 0.5) is 5.13 Å². The first-order valence-corrected chi connectivity index (χ1v) is 10.0. The smallest absolute Gasteiger partial charge is 0.225 e. The highest BCUT2D eigenvalue weighted by Crippen LogP contribution is 2.33. The number of rotatable bonds is 6. The van der Waals surface area contributed by atoms with Gasteiger partial charge in [-0.1, -0.05) is 18.3 Å². The second-order valence-corrected chi connectivity index (χ2v) is 7.67. The number of aromatic nitrogens is 1. The van der Waals surface area contributed by atoms with Crippen molar-refractivity contribution in [1.82, 2.24) is 10.3 Å². The van der Waals surface area contributed by atoms with Crippen molar-refractivity contribution in [2.24, 2.45) is 5.92 Å². The number of thiazole rings is 1. The van der Waals surface area contributed by atoms with E-state index in [1.165, 1.54) is 0 Å². The molecule has 6 heteroatoms. The normalized spacial score (nSPS) is 19.0. The third kappa shape index (κ3) is 4.24. The van der Waals surface area contributed by atoms with Crippen LogP contribution in [0.2, 0.25) is 0 Å². The topological polar surface area (TPSA) is 54.5 Å². The minimum Gasteiger partial charge on any atom is -0.494 e. The number of carbonyl (C=O) groups is 1. The molecule has 1 aromatic carbocycles. The molecule has 2 atom stereocenters. The van der Waals surface area contributed by atoms with E-state index in [4.69, 9.17) is 9.72 Å². The van der Waals surface area contributed by atoms with Crippen LogP contribution < -0.4 is 15.0 Å². The molecule has 3 rings (SSSR count). The fourth-order valence-electron chi connectivity index (χ4n) is 3.11. The Hall–Kier alpha value is -1.82. The second-order valence-electron chi connectivity index (χ2n) is 6.66. The maximum Gasteiger partial charge on any atom is 0.225 e. The summed E-state index contributed by atoms with van der Waals surface area (Å²) in [6, 6.07) is 6.27. The summed E-state index contributed by atoms with van der Waals surface area (Å²) in [5.41, 5.74) is 0.995. The molecule has 1 amide bonds. The van der Waals surface area contributed by atoms with Gasteiger partial charge >= 0.3 is 0 Å². The molecule has 0 radical (unpaired) electrons. The van der Waals surface area contributed by atoms with Crippen LogP contribution in [0.15, 0.2) is 18.2 Å². The van der Waals surface area contributed by atoms with Crippen molar-refractivity contribution in [3.8, 4) is 5.75 Å². The van der Waals surface area contributed by atoms with Crippen molar-refractivity contribution < 1.29 is 9.53 Å². The van der Waals surface area contributed by atoms with Crippen molar-refractivity contribution in [3.05, 3.63) is 18.2 Å². The van der Waals surface area contributed by atoms with Crippen molar-refractivity contribution in [1.29, 1.82) is 0 Å². The molecular weight excluding hydrogens is 334 g/mol. The van der Waals surface area contributed by atoms with E-state index in [0.717, 1.165) is 53.4 Å². The summed E-state index contributed by atoms with van der Waals surface area (Å²) in [6.45, 7) is 8.51. The fraction of sp³-hybridized carbons (Fsp3) is 0.579. The van der Waals surface area contributed by atoms with Crippen LogP contribution in [0, 0.1) is 5.92 Å². The van der Waals surface area contributed by atoms with E-state index in [1.54, 1.807) is 11.3 Å². The van der Waals surface area contributed by atoms with Crippen molar-refractivity contribution in [2.75, 3.05) is 24.6 Å². The van der Waals surface area contributed by atoms with Crippen LogP contribution in [-0.4, -0.2) is 36.6 Å². The van der Waals surface area contributed by atoms with Gasteiger partial charge in [-0.25, -0.2) is 4.98 Å². The second kappa shape index (κ2) is 8.04. The molecular formula is C19H27N3O2S. The first-order valence-electron chi connectivity index (χ1n) is 9.19. The molecule has 2 aromatic rings. The highest BCUT2D eigenvalue weighted by atomic mass is 32.1. The predicted molar refractivity (Wildman–Crippen MR) is 104 cm³/mol. The summed E-state index contributed by atoms with van der Waals surface area (Å²) >= 11 is 1.68. The Morgan fingerprint density at radius 3 is 3.08 bits per heavy atom. The van der Waals surface area contributed by atoms with Gasteiger partial charge in [0.25, 0.3) is 0 Å². The van der Waals surface area contributed by atoms with Gasteiger partial charge < -0.3 is 15.0 Å². The summed E-state index contributed by atoms with van der Waals surface area (Å²) in [5.74, 6) is 1.11. The molecule has 0 spiro atoms. The molecule has 1 aliphatic rings. The zero-order valence-electron chi connectivity index (χ0n) is 15.2. The zero-order chi connectivity index (χ0) is 17.8. The number of hydrogen-bond donors (Lipinski definition) is 1. The molecule has 1 aromatic heterocycles. The quantitative estimate of drug-likeness (QED) is 0.850. The summed E-state index contributed by atoms with van der Waals surface area (Å²) < 4.78 is 6.71. The molecule has 1 saturated heterocycles. The third-order valence-electron chi connectivity index (χ3n) is 4.72. The number of nitrogens with one attached hydrogen (secondary N) is 1. The zero-order valence-corrected chi connectivity index (χ0v) is 16.1. The Labute approximate surface area is 153 Å². The number of anilines is 1. The van der Waals surface area contributed by atoms with Crippen molar-refractivity contribution in [3.63, 3.8) is 0 Å². The van der Waals surface area contributed by atoms with Crippen LogP contribution in [0.3, 0.4) is 0 Å². The minimum atomic E-state index is 0.0498. The molecule has 0 aliphatic carbocycles. The average molecular weight is 362 g/mol. The molecule has 1 N–H and O–H groups in total. The predicted octanol–water partition coefficient (Wildman–Crippen LogP) is 3.83. The molecule has 136 valence electrons. The number of amides is 1. The Bertz CT molecular complexity index is 731. The monoisotopic (exact) mass is 361 g/mol. The van der Waals surface area contributed by atoms with Gasteiger partial charge in [-0.05, 0) is 51.3 Å². The SMILES string of the molecule is CCOc1ccc2nc(N3CCCC(C(=O)NC(C)CC)C3)sc2c1. The lowest BCUT2D eigenvalue weighted by molar-refractivity contribution is -0.125. The van der Waals surface area contributed by atoms with E-state index >= 15 is 0 Å². The molecule has 5 nitrogen and oxygen atoms in total. The number of benzene rings is 1. The van der Waals surface area contributed by atoms with E-state index in [2.05, 4.69) is 30.1 Å². The summed E-state index contributed by atoms with van der Waals surface area (Å²) in [4.78, 5) is 19.5. The molecule has 0 saturated carbocycles. The molecule has 2 unspecified atom stereocenters. The van der Waals surface area contributed by atoms with Gasteiger partial charge in [0.2, 0.25) is 5.91 Å². The third-order valence-corrected chi connectivity index (χ3v) is 5.80. The van der Waals surface area contributed by atoms with Crippen LogP contribution in [0.25, 0.3) is 10.2 Å². The first kappa shape index (κ1) is 18.0. The first-order chi connectivity index (χ1) is 12.1. The maximum absolute atomic E-state index is 12.5. The number of fused-ring (bicyclic) bond motifs is 1. The standard InChI is InChI=1S/C19H27N3O2S/c1-4-13(3)20-18(23)14-7-6-10-22(12-14)19-21-16-9-8-15(24-5-2)11-17(16)25-19/h8-9,11,13-14H,4-7,10,12H2,1-3H3,(H,20,23). The number of nitrogens with zero attached hydrogens (tertiary/aromatic N) is 2. The van der Waals surface area contributed by atoms with E-state index in [-0.39, 0.29) is 17.9 Å². The van der Waals surface area contributed by atoms with Crippen LogP contribution >= 0.6 is 11.3 Å². The Morgan fingerprint density at radius 2 is 2.32 bits per heavy atom.